The Morgan fingerprint density at radius 1 is 0.463 bits per heavy atom. The van der Waals surface area contributed by atoms with Crippen LogP contribution in [0.5, 0.6) is 0 Å². The average molecular weight is 695 g/mol. The van der Waals surface area contributed by atoms with Crippen LogP contribution in [0.3, 0.4) is 0 Å². The Hall–Kier alpha value is -6.33. The molecule has 5 heteroatoms. The van der Waals surface area contributed by atoms with Crippen LogP contribution >= 0.6 is 0 Å². The summed E-state index contributed by atoms with van der Waals surface area (Å²) in [4.78, 5) is 18.1. The molecule has 0 atom stereocenters. The minimum Gasteiger partial charge on any atom is -0.311 e. The first-order valence-electron chi connectivity index (χ1n) is 19.0. The Kier molecular flexibility index (Phi) is 7.59. The molecule has 258 valence electrons. The molecule has 2 aliphatic heterocycles. The van der Waals surface area contributed by atoms with Gasteiger partial charge in [0, 0.05) is 33.8 Å². The van der Waals surface area contributed by atoms with Gasteiger partial charge in [0.05, 0.1) is 0 Å². The van der Waals surface area contributed by atoms with E-state index in [1.54, 1.807) is 0 Å². The topological polar surface area (TPSA) is 41.9 Å². The zero-order valence-electron chi connectivity index (χ0n) is 31.0. The predicted octanol–water partition coefficient (Wildman–Crippen LogP) is 10.6. The van der Waals surface area contributed by atoms with Gasteiger partial charge in [0.15, 0.2) is 17.5 Å². The molecule has 8 aromatic rings. The Balaban J connectivity index is 1.25. The van der Waals surface area contributed by atoms with Crippen molar-refractivity contribution < 1.29 is 0 Å². The first-order chi connectivity index (χ1) is 26.4. The van der Waals surface area contributed by atoms with E-state index in [9.17, 15) is 0 Å². The first kappa shape index (κ1) is 32.3. The van der Waals surface area contributed by atoms with Crippen LogP contribution in [0.25, 0.3) is 56.1 Å². The minimum absolute atomic E-state index is 0.129. The second-order valence-corrected chi connectivity index (χ2v) is 15.2. The van der Waals surface area contributed by atoms with Crippen molar-refractivity contribution in [2.24, 2.45) is 0 Å². The standard InChI is InChI=1S/C49H39BN4/c1-30(2)32-21-24-37(25-22-32)54-44-26-23-35(31(3)4)28-43(44)50-42-20-11-10-18-39(42)41-27-36(29-45(54)46(41)50)48-51-47(34-14-6-5-7-15-34)52-49(53-48)40-19-12-16-33-13-8-9-17-38(33)40/h5-31H,1-4H3. The van der Waals surface area contributed by atoms with Crippen LogP contribution in [-0.4, -0.2) is 21.7 Å². The summed E-state index contributed by atoms with van der Waals surface area (Å²) in [6.07, 6.45) is 0. The van der Waals surface area contributed by atoms with Gasteiger partial charge in [0.25, 0.3) is 0 Å². The Morgan fingerprint density at radius 2 is 1.11 bits per heavy atom. The lowest BCUT2D eigenvalue weighted by Gasteiger charge is -2.37. The fourth-order valence-corrected chi connectivity index (χ4v) is 8.50. The van der Waals surface area contributed by atoms with Gasteiger partial charge < -0.3 is 4.90 Å². The SMILES string of the molecule is CC(C)c1ccc(N2c3ccc(C(C)C)cc3B3c4ccccc4-c4cc(-c5nc(-c6ccccc6)nc(-c6cccc7ccccc67)n5)cc2c43)cc1. The fraction of sp³-hybridized carbons (Fsp3) is 0.122. The quantitative estimate of drug-likeness (QED) is 0.163. The Morgan fingerprint density at radius 3 is 1.91 bits per heavy atom. The van der Waals surface area contributed by atoms with Gasteiger partial charge in [-0.05, 0) is 86.1 Å². The van der Waals surface area contributed by atoms with E-state index < -0.39 is 0 Å². The molecule has 10 rings (SSSR count). The molecule has 54 heavy (non-hydrogen) atoms. The van der Waals surface area contributed by atoms with Crippen molar-refractivity contribution in [2.45, 2.75) is 39.5 Å². The molecule has 0 radical (unpaired) electrons. The molecule has 0 saturated heterocycles. The van der Waals surface area contributed by atoms with E-state index in [2.05, 4.69) is 166 Å². The van der Waals surface area contributed by atoms with Gasteiger partial charge >= 0.3 is 0 Å². The number of nitrogens with zero attached hydrogens (tertiary/aromatic N) is 4. The van der Waals surface area contributed by atoms with Crippen LogP contribution in [0.4, 0.5) is 17.1 Å². The zero-order valence-corrected chi connectivity index (χ0v) is 31.0. The zero-order chi connectivity index (χ0) is 36.5. The number of hydrogen-bond acceptors (Lipinski definition) is 4. The Bertz CT molecular complexity index is 2730. The van der Waals surface area contributed by atoms with E-state index in [4.69, 9.17) is 15.0 Å². The van der Waals surface area contributed by atoms with Crippen LogP contribution in [0, 0.1) is 0 Å². The van der Waals surface area contributed by atoms with Gasteiger partial charge in [-0.2, -0.15) is 0 Å². The van der Waals surface area contributed by atoms with E-state index in [0.717, 1.165) is 33.2 Å². The highest BCUT2D eigenvalue weighted by molar-refractivity contribution is 7.01. The summed E-state index contributed by atoms with van der Waals surface area (Å²) < 4.78 is 0. The summed E-state index contributed by atoms with van der Waals surface area (Å²) in [5, 5.41) is 2.27. The molecule has 7 aromatic carbocycles. The summed E-state index contributed by atoms with van der Waals surface area (Å²) in [5.41, 5.74) is 15.7. The maximum atomic E-state index is 5.31. The Labute approximate surface area is 317 Å². The van der Waals surface area contributed by atoms with Crippen molar-refractivity contribution in [1.82, 2.24) is 15.0 Å². The lowest BCUT2D eigenvalue weighted by molar-refractivity contribution is 0.866. The smallest absolute Gasteiger partial charge is 0.248 e. The van der Waals surface area contributed by atoms with Crippen molar-refractivity contribution in [2.75, 3.05) is 4.90 Å². The van der Waals surface area contributed by atoms with Crippen LogP contribution in [-0.2, 0) is 0 Å². The van der Waals surface area contributed by atoms with Crippen LogP contribution in [0.2, 0.25) is 0 Å². The van der Waals surface area contributed by atoms with E-state index >= 15 is 0 Å². The third-order valence-corrected chi connectivity index (χ3v) is 11.3. The monoisotopic (exact) mass is 694 g/mol. The van der Waals surface area contributed by atoms with Crippen molar-refractivity contribution in [3.63, 3.8) is 0 Å². The average Bonchev–Trinajstić information content (AvgIpc) is 3.56. The largest absolute Gasteiger partial charge is 0.311 e. The number of fused-ring (bicyclic) bond motifs is 6. The molecular weight excluding hydrogens is 655 g/mol. The van der Waals surface area contributed by atoms with Crippen molar-refractivity contribution >= 4 is 50.9 Å². The molecule has 0 bridgehead atoms. The van der Waals surface area contributed by atoms with E-state index in [1.165, 1.54) is 50.0 Å². The van der Waals surface area contributed by atoms with Crippen LogP contribution in [0.15, 0.2) is 152 Å². The van der Waals surface area contributed by atoms with Gasteiger partial charge in [-0.15, -0.1) is 0 Å². The van der Waals surface area contributed by atoms with E-state index in [-0.39, 0.29) is 6.71 Å². The minimum atomic E-state index is 0.129. The second-order valence-electron chi connectivity index (χ2n) is 15.2. The third-order valence-electron chi connectivity index (χ3n) is 11.3. The number of rotatable bonds is 6. The highest BCUT2D eigenvalue weighted by Crippen LogP contribution is 2.43. The van der Waals surface area contributed by atoms with Crippen LogP contribution in [0.1, 0.15) is 50.7 Å². The maximum absolute atomic E-state index is 5.31. The molecule has 0 N–H and O–H groups in total. The number of benzene rings is 7. The first-order valence-corrected chi connectivity index (χ1v) is 19.0. The molecule has 0 unspecified atom stereocenters. The van der Waals surface area contributed by atoms with Gasteiger partial charge in [-0.3, -0.25) is 0 Å². The number of aromatic nitrogens is 3. The molecule has 0 saturated carbocycles. The van der Waals surface area contributed by atoms with Crippen LogP contribution < -0.4 is 21.3 Å². The van der Waals surface area contributed by atoms with Gasteiger partial charge in [-0.1, -0.05) is 154 Å². The third kappa shape index (κ3) is 5.18. The predicted molar refractivity (Wildman–Crippen MR) is 227 cm³/mol. The highest BCUT2D eigenvalue weighted by Gasteiger charge is 2.43. The van der Waals surface area contributed by atoms with E-state index in [0.29, 0.717) is 29.3 Å². The lowest BCUT2D eigenvalue weighted by atomic mass is 9.37. The second kappa shape index (κ2) is 12.7. The molecule has 3 heterocycles. The normalized spacial score (nSPS) is 12.7. The van der Waals surface area contributed by atoms with E-state index in [1.807, 2.05) is 18.2 Å². The van der Waals surface area contributed by atoms with Crippen molar-refractivity contribution in [3.05, 3.63) is 163 Å². The summed E-state index contributed by atoms with van der Waals surface area (Å²) in [6, 6.07) is 54.9. The maximum Gasteiger partial charge on any atom is 0.248 e. The van der Waals surface area contributed by atoms with Gasteiger partial charge in [-0.25, -0.2) is 15.0 Å². The van der Waals surface area contributed by atoms with Gasteiger partial charge in [0.2, 0.25) is 6.71 Å². The molecule has 1 aromatic heterocycles. The number of hydrogen-bond donors (Lipinski definition) is 0. The molecule has 0 aliphatic carbocycles. The molecular formula is C49H39BN4. The molecule has 2 aliphatic rings. The highest BCUT2D eigenvalue weighted by atomic mass is 15.2. The lowest BCUT2D eigenvalue weighted by Crippen LogP contribution is -2.54. The summed E-state index contributed by atoms with van der Waals surface area (Å²) in [7, 11) is 0. The summed E-state index contributed by atoms with van der Waals surface area (Å²) in [5.74, 6) is 2.85. The molecule has 0 amide bonds. The molecule has 4 nitrogen and oxygen atoms in total. The number of anilines is 3. The molecule has 0 spiro atoms. The fourth-order valence-electron chi connectivity index (χ4n) is 8.50. The summed E-state index contributed by atoms with van der Waals surface area (Å²) >= 11 is 0. The summed E-state index contributed by atoms with van der Waals surface area (Å²) in [6.45, 7) is 9.20. The molecule has 0 fully saturated rings. The van der Waals surface area contributed by atoms with Crippen molar-refractivity contribution in [1.29, 1.82) is 0 Å². The van der Waals surface area contributed by atoms with Crippen molar-refractivity contribution in [3.8, 4) is 45.3 Å². The van der Waals surface area contributed by atoms with Gasteiger partial charge in [0.1, 0.15) is 0 Å².